The smallest absolute Gasteiger partial charge is 0.111 e. The van der Waals surface area contributed by atoms with Gasteiger partial charge in [0.25, 0.3) is 0 Å². The average molecular weight is 597 g/mol. The van der Waals surface area contributed by atoms with Crippen molar-refractivity contribution in [3.8, 4) is 0 Å². The van der Waals surface area contributed by atoms with Crippen LogP contribution in [0.2, 0.25) is 0 Å². The molecule has 2 aliphatic rings. The summed E-state index contributed by atoms with van der Waals surface area (Å²) in [7, 11) is 0. The highest BCUT2D eigenvalue weighted by molar-refractivity contribution is 5.93. The molecule has 0 radical (unpaired) electrons. The molecule has 0 fully saturated rings. The maximum Gasteiger partial charge on any atom is 0.111 e. The van der Waals surface area contributed by atoms with E-state index in [1.54, 1.807) is 0 Å². The zero-order chi connectivity index (χ0) is 31.6. The number of nitrogens with zero attached hydrogens (tertiary/aromatic N) is 2. The van der Waals surface area contributed by atoms with Gasteiger partial charge in [0.05, 0.1) is 36.0 Å². The fourth-order valence-electron chi connectivity index (χ4n) is 7.92. The Morgan fingerprint density at radius 3 is 1.57 bits per heavy atom. The molecule has 236 valence electrons. The van der Waals surface area contributed by atoms with E-state index < -0.39 is 0 Å². The van der Waals surface area contributed by atoms with Crippen molar-refractivity contribution in [3.63, 3.8) is 0 Å². The minimum absolute atomic E-state index is 0.0188. The van der Waals surface area contributed by atoms with Crippen molar-refractivity contribution in [3.05, 3.63) is 69.3 Å². The Labute approximate surface area is 263 Å². The summed E-state index contributed by atoms with van der Waals surface area (Å²) in [5, 5.41) is 9.80. The third-order valence-corrected chi connectivity index (χ3v) is 10.2. The molecule has 0 spiro atoms. The molecule has 0 aliphatic carbocycles. The van der Waals surface area contributed by atoms with Gasteiger partial charge in [0.2, 0.25) is 0 Å². The van der Waals surface area contributed by atoms with E-state index in [0.29, 0.717) is 0 Å². The second-order valence-electron chi connectivity index (χ2n) is 12.1. The van der Waals surface area contributed by atoms with Crippen LogP contribution >= 0.6 is 0 Å². The Kier molecular flexibility index (Phi) is 9.81. The quantitative estimate of drug-likeness (QED) is 0.206. The zero-order valence-corrected chi connectivity index (χ0v) is 28.2. The first-order chi connectivity index (χ1) is 21.4. The van der Waals surface area contributed by atoms with Crippen LogP contribution in [0.4, 0.5) is 0 Å². The number of hydrogen-bond donors (Lipinski definition) is 3. The molecule has 0 aromatic carbocycles. The van der Waals surface area contributed by atoms with Gasteiger partial charge in [0.1, 0.15) is 6.10 Å². The van der Waals surface area contributed by atoms with Gasteiger partial charge in [-0.1, -0.05) is 55.4 Å². The van der Waals surface area contributed by atoms with Gasteiger partial charge in [0.15, 0.2) is 0 Å². The van der Waals surface area contributed by atoms with Gasteiger partial charge in [-0.3, -0.25) is 4.98 Å². The third-order valence-electron chi connectivity index (χ3n) is 10.2. The van der Waals surface area contributed by atoms with E-state index in [4.69, 9.17) is 14.7 Å². The number of ether oxygens (including phenoxy) is 1. The predicted octanol–water partition coefficient (Wildman–Crippen LogP) is 9.10. The largest absolute Gasteiger partial charge is 0.394 e. The SMILES string of the molecule is CCC1=C(CC)c2cc3[nH]c(cc4[nH]c(cc5nc(cc1n2)C(CC)(CC)C5OCCO)c(CC)c4CC)c(CC)c3CC. The molecule has 0 saturated heterocycles. The third kappa shape index (κ3) is 5.24. The second-order valence-corrected chi connectivity index (χ2v) is 12.1. The molecule has 3 aromatic rings. The summed E-state index contributed by atoms with van der Waals surface area (Å²) in [6, 6.07) is 9.08. The molecule has 2 aliphatic heterocycles. The van der Waals surface area contributed by atoms with E-state index in [1.807, 2.05) is 0 Å². The summed E-state index contributed by atoms with van der Waals surface area (Å²) in [5.74, 6) is 0. The number of aromatic nitrogens is 4. The van der Waals surface area contributed by atoms with Crippen LogP contribution in [0.3, 0.4) is 0 Å². The molecular formula is C38H52N4O2. The first kappa shape index (κ1) is 32.2. The molecule has 5 rings (SSSR count). The molecule has 6 heteroatoms. The topological polar surface area (TPSA) is 86.8 Å². The fourth-order valence-corrected chi connectivity index (χ4v) is 7.92. The van der Waals surface area contributed by atoms with Crippen LogP contribution in [0.15, 0.2) is 24.3 Å². The van der Waals surface area contributed by atoms with Crippen molar-refractivity contribution >= 4 is 33.2 Å². The minimum atomic E-state index is -0.309. The number of nitrogens with one attached hydrogen (secondary N) is 2. The van der Waals surface area contributed by atoms with Crippen LogP contribution < -0.4 is 0 Å². The predicted molar refractivity (Wildman–Crippen MR) is 184 cm³/mol. The molecule has 0 saturated carbocycles. The molecule has 8 bridgehead atoms. The highest BCUT2D eigenvalue weighted by atomic mass is 16.5. The van der Waals surface area contributed by atoms with Crippen LogP contribution in [0.5, 0.6) is 0 Å². The maximum absolute atomic E-state index is 9.80. The average Bonchev–Trinajstić information content (AvgIpc) is 3.74. The molecule has 44 heavy (non-hydrogen) atoms. The number of fused-ring (bicyclic) bond motifs is 8. The molecule has 6 nitrogen and oxygen atoms in total. The Morgan fingerprint density at radius 2 is 1.11 bits per heavy atom. The molecule has 1 atom stereocenters. The molecule has 3 aromatic heterocycles. The van der Waals surface area contributed by atoms with Crippen LogP contribution in [-0.4, -0.2) is 38.3 Å². The van der Waals surface area contributed by atoms with Crippen LogP contribution in [0, 0.1) is 0 Å². The molecule has 5 heterocycles. The van der Waals surface area contributed by atoms with E-state index in [-0.39, 0.29) is 24.7 Å². The zero-order valence-electron chi connectivity index (χ0n) is 28.2. The normalized spacial score (nSPS) is 16.2. The number of aliphatic hydroxyl groups excluding tert-OH is 1. The monoisotopic (exact) mass is 596 g/mol. The van der Waals surface area contributed by atoms with Crippen molar-refractivity contribution < 1.29 is 9.84 Å². The van der Waals surface area contributed by atoms with E-state index in [2.05, 4.69) is 89.6 Å². The molecule has 0 amide bonds. The number of aliphatic hydroxyl groups is 1. The number of aromatic amines is 2. The Morgan fingerprint density at radius 1 is 0.636 bits per heavy atom. The molecule has 1 unspecified atom stereocenters. The van der Waals surface area contributed by atoms with E-state index in [0.717, 1.165) is 85.2 Å². The lowest BCUT2D eigenvalue weighted by Gasteiger charge is -2.33. The van der Waals surface area contributed by atoms with Crippen molar-refractivity contribution in [2.75, 3.05) is 13.2 Å². The minimum Gasteiger partial charge on any atom is -0.394 e. The number of rotatable bonds is 11. The van der Waals surface area contributed by atoms with Gasteiger partial charge in [-0.05, 0) is 109 Å². The van der Waals surface area contributed by atoms with Crippen molar-refractivity contribution in [2.45, 2.75) is 118 Å². The lowest BCUT2D eigenvalue weighted by Crippen LogP contribution is -2.31. The fraction of sp³-hybridized carbons (Fsp3) is 0.526. The number of aryl methyl sites for hydroxylation is 4. The summed E-state index contributed by atoms with van der Waals surface area (Å²) in [4.78, 5) is 18.4. The maximum atomic E-state index is 9.80. The first-order valence-electron chi connectivity index (χ1n) is 17.1. The summed E-state index contributed by atoms with van der Waals surface area (Å²) in [6.45, 7) is 18.2. The summed E-state index contributed by atoms with van der Waals surface area (Å²) >= 11 is 0. The Bertz CT molecular complexity index is 1700. The highest BCUT2D eigenvalue weighted by Crippen LogP contribution is 2.49. The van der Waals surface area contributed by atoms with Crippen molar-refractivity contribution in [1.29, 1.82) is 0 Å². The summed E-state index contributed by atoms with van der Waals surface area (Å²) in [5.41, 5.74) is 16.4. The van der Waals surface area contributed by atoms with Gasteiger partial charge in [-0.25, -0.2) is 4.98 Å². The van der Waals surface area contributed by atoms with E-state index in [9.17, 15) is 5.11 Å². The first-order valence-corrected chi connectivity index (χ1v) is 17.1. The van der Waals surface area contributed by atoms with Crippen molar-refractivity contribution in [2.24, 2.45) is 0 Å². The van der Waals surface area contributed by atoms with E-state index in [1.165, 1.54) is 44.4 Å². The van der Waals surface area contributed by atoms with Crippen molar-refractivity contribution in [1.82, 2.24) is 19.9 Å². The van der Waals surface area contributed by atoms with Crippen LogP contribution in [-0.2, 0) is 35.8 Å². The summed E-state index contributed by atoms with van der Waals surface area (Å²) in [6.07, 6.45) is 7.14. The standard InChI is InChI=1S/C38H52N4O2/c1-9-23-24(10-2)30-20-32-27(13-5)28(14-6)34(41-32)22-36-38(15-7,16-8)37(44-18-17-43)35(42-36)21-33-26(12-4)25(11-3)31(40-33)19-29(23)39-30/h19-22,37,39-40,43H,9-18H2,1-8H3. The van der Waals surface area contributed by atoms with E-state index >= 15 is 0 Å². The second kappa shape index (κ2) is 13.4. The lowest BCUT2D eigenvalue weighted by molar-refractivity contribution is -0.0203. The summed E-state index contributed by atoms with van der Waals surface area (Å²) < 4.78 is 6.49. The van der Waals surface area contributed by atoms with Crippen LogP contribution in [0.1, 0.15) is 132 Å². The Balaban J connectivity index is 2.02. The number of hydrogen-bond acceptors (Lipinski definition) is 4. The van der Waals surface area contributed by atoms with Gasteiger partial charge >= 0.3 is 0 Å². The van der Waals surface area contributed by atoms with Gasteiger partial charge < -0.3 is 19.8 Å². The number of H-pyrrole nitrogens is 2. The highest BCUT2D eigenvalue weighted by Gasteiger charge is 2.45. The lowest BCUT2D eigenvalue weighted by atomic mass is 9.74. The molecule has 3 N–H and O–H groups in total. The number of allylic oxidation sites excluding steroid dienone is 2. The van der Waals surface area contributed by atoms with Gasteiger partial charge in [-0.15, -0.1) is 0 Å². The van der Waals surface area contributed by atoms with Gasteiger partial charge in [-0.2, -0.15) is 0 Å². The Hall–Kier alpha value is -3.22. The van der Waals surface area contributed by atoms with Gasteiger partial charge in [0, 0.05) is 27.5 Å². The van der Waals surface area contributed by atoms with Crippen LogP contribution in [0.25, 0.3) is 33.2 Å². The molecular weight excluding hydrogens is 544 g/mol.